The molecule has 4 nitrogen and oxygen atoms in total. The zero-order chi connectivity index (χ0) is 12.8. The van der Waals surface area contributed by atoms with Crippen molar-refractivity contribution in [1.82, 2.24) is 5.32 Å². The summed E-state index contributed by atoms with van der Waals surface area (Å²) in [6, 6.07) is 6.49. The van der Waals surface area contributed by atoms with Crippen molar-refractivity contribution in [1.29, 1.82) is 0 Å². The lowest BCUT2D eigenvalue weighted by Crippen LogP contribution is -2.41. The molecule has 1 aromatic carbocycles. The molecule has 0 radical (unpaired) electrons. The third-order valence-corrected chi connectivity index (χ3v) is 2.67. The molecule has 17 heavy (non-hydrogen) atoms. The second-order valence-electron chi connectivity index (χ2n) is 3.79. The van der Waals surface area contributed by atoms with Gasteiger partial charge in [-0.15, -0.1) is 0 Å². The fourth-order valence-corrected chi connectivity index (χ4v) is 1.73. The number of carboxylic acids is 1. The third kappa shape index (κ3) is 4.34. The molecule has 0 fully saturated rings. The molecule has 0 aromatic heterocycles. The number of carbonyl (C=O) groups is 1. The number of hydrogen-bond acceptors (Lipinski definition) is 3. The minimum Gasteiger partial charge on any atom is -0.480 e. The van der Waals surface area contributed by atoms with Crippen LogP contribution in [-0.4, -0.2) is 30.8 Å². The molecule has 5 heteroatoms. The highest BCUT2D eigenvalue weighted by molar-refractivity contribution is 6.30. The van der Waals surface area contributed by atoms with Crippen LogP contribution in [0.15, 0.2) is 24.3 Å². The van der Waals surface area contributed by atoms with Crippen molar-refractivity contribution in [2.75, 3.05) is 13.7 Å². The molecule has 0 aliphatic heterocycles. The topological polar surface area (TPSA) is 58.6 Å². The van der Waals surface area contributed by atoms with Crippen LogP contribution in [0.3, 0.4) is 0 Å². The van der Waals surface area contributed by atoms with Gasteiger partial charge in [0.15, 0.2) is 0 Å². The number of nitrogens with one attached hydrogen (secondary N) is 1. The van der Waals surface area contributed by atoms with Gasteiger partial charge in [-0.3, -0.25) is 10.1 Å². The normalized spacial score (nSPS) is 14.3. The van der Waals surface area contributed by atoms with Crippen LogP contribution in [0, 0.1) is 0 Å². The lowest BCUT2D eigenvalue weighted by Gasteiger charge is -2.20. The van der Waals surface area contributed by atoms with Gasteiger partial charge in [0.05, 0.1) is 6.61 Å². The van der Waals surface area contributed by atoms with E-state index in [4.69, 9.17) is 21.4 Å². The number of ether oxygens (including phenoxy) is 1. The lowest BCUT2D eigenvalue weighted by molar-refractivity contribution is -0.141. The van der Waals surface area contributed by atoms with Gasteiger partial charge in [0.1, 0.15) is 6.04 Å². The molecule has 1 rings (SSSR count). The molecule has 2 atom stereocenters. The van der Waals surface area contributed by atoms with Gasteiger partial charge in [0.25, 0.3) is 0 Å². The van der Waals surface area contributed by atoms with Crippen molar-refractivity contribution in [2.24, 2.45) is 0 Å². The Balaban J connectivity index is 2.69. The van der Waals surface area contributed by atoms with E-state index in [1.54, 1.807) is 6.07 Å². The van der Waals surface area contributed by atoms with Gasteiger partial charge in [0.2, 0.25) is 0 Å². The van der Waals surface area contributed by atoms with E-state index in [0.29, 0.717) is 5.02 Å². The van der Waals surface area contributed by atoms with Gasteiger partial charge < -0.3 is 9.84 Å². The lowest BCUT2D eigenvalue weighted by atomic mass is 10.1. The van der Waals surface area contributed by atoms with Gasteiger partial charge in [0, 0.05) is 18.2 Å². The molecule has 0 saturated carbocycles. The van der Waals surface area contributed by atoms with E-state index in [1.807, 2.05) is 25.1 Å². The zero-order valence-corrected chi connectivity index (χ0v) is 10.6. The Labute approximate surface area is 106 Å². The number of methoxy groups -OCH3 is 1. The molecule has 1 aromatic rings. The van der Waals surface area contributed by atoms with Crippen molar-refractivity contribution in [3.8, 4) is 0 Å². The molecule has 0 heterocycles. The smallest absolute Gasteiger partial charge is 0.323 e. The molecule has 0 spiro atoms. The van der Waals surface area contributed by atoms with Crippen molar-refractivity contribution >= 4 is 17.6 Å². The van der Waals surface area contributed by atoms with Crippen molar-refractivity contribution in [2.45, 2.75) is 19.0 Å². The van der Waals surface area contributed by atoms with Crippen LogP contribution < -0.4 is 5.32 Å². The molecule has 0 aliphatic carbocycles. The number of halogens is 1. The molecule has 0 bridgehead atoms. The summed E-state index contributed by atoms with van der Waals surface area (Å²) in [4.78, 5) is 11.0. The summed E-state index contributed by atoms with van der Waals surface area (Å²) in [7, 11) is 1.47. The first-order valence-electron chi connectivity index (χ1n) is 5.28. The summed E-state index contributed by atoms with van der Waals surface area (Å²) in [5, 5.41) is 12.6. The van der Waals surface area contributed by atoms with Gasteiger partial charge in [-0.25, -0.2) is 0 Å². The average molecular weight is 258 g/mol. The van der Waals surface area contributed by atoms with Crippen LogP contribution in [0.5, 0.6) is 0 Å². The van der Waals surface area contributed by atoms with Crippen LogP contribution in [0.2, 0.25) is 5.02 Å². The van der Waals surface area contributed by atoms with E-state index in [9.17, 15) is 4.79 Å². The summed E-state index contributed by atoms with van der Waals surface area (Å²) >= 11 is 5.88. The highest BCUT2D eigenvalue weighted by Gasteiger charge is 2.19. The van der Waals surface area contributed by atoms with Crippen LogP contribution in [-0.2, 0) is 9.53 Å². The van der Waals surface area contributed by atoms with Crippen LogP contribution in [0.25, 0.3) is 0 Å². The Morgan fingerprint density at radius 1 is 1.59 bits per heavy atom. The van der Waals surface area contributed by atoms with Crippen LogP contribution >= 0.6 is 11.6 Å². The monoisotopic (exact) mass is 257 g/mol. The SMILES string of the molecule is COCC(N[C@H](C)c1cccc(Cl)c1)C(=O)O. The first kappa shape index (κ1) is 14.0. The summed E-state index contributed by atoms with van der Waals surface area (Å²) in [5.74, 6) is -0.930. The maximum Gasteiger partial charge on any atom is 0.323 e. The predicted molar refractivity (Wildman–Crippen MR) is 66.3 cm³/mol. The highest BCUT2D eigenvalue weighted by atomic mass is 35.5. The number of carboxylic acid groups (broad SMARTS) is 1. The summed E-state index contributed by atoms with van der Waals surface area (Å²) in [5.41, 5.74) is 0.944. The Kier molecular flexibility index (Phi) is 5.41. The Bertz CT molecular complexity index is 384. The number of rotatable bonds is 6. The third-order valence-electron chi connectivity index (χ3n) is 2.43. The Morgan fingerprint density at radius 2 is 2.29 bits per heavy atom. The molecule has 0 aliphatic rings. The van der Waals surface area contributed by atoms with Crippen molar-refractivity contribution in [3.05, 3.63) is 34.9 Å². The van der Waals surface area contributed by atoms with E-state index in [1.165, 1.54) is 7.11 Å². The van der Waals surface area contributed by atoms with E-state index in [0.717, 1.165) is 5.56 Å². The Hall–Kier alpha value is -1.10. The highest BCUT2D eigenvalue weighted by Crippen LogP contribution is 2.17. The Morgan fingerprint density at radius 3 is 2.82 bits per heavy atom. The molecular weight excluding hydrogens is 242 g/mol. The van der Waals surface area contributed by atoms with Gasteiger partial charge >= 0.3 is 5.97 Å². The predicted octanol–water partition coefficient (Wildman–Crippen LogP) is 2.09. The minimum absolute atomic E-state index is 0.107. The molecule has 2 N–H and O–H groups in total. The van der Waals surface area contributed by atoms with E-state index in [-0.39, 0.29) is 12.6 Å². The van der Waals surface area contributed by atoms with E-state index in [2.05, 4.69) is 5.32 Å². The molecule has 94 valence electrons. The van der Waals surface area contributed by atoms with Gasteiger partial charge in [-0.1, -0.05) is 23.7 Å². The molecule has 0 amide bonds. The molecular formula is C12H16ClNO3. The van der Waals surface area contributed by atoms with Crippen LogP contribution in [0.1, 0.15) is 18.5 Å². The van der Waals surface area contributed by atoms with Gasteiger partial charge in [-0.2, -0.15) is 0 Å². The first-order valence-corrected chi connectivity index (χ1v) is 5.65. The quantitative estimate of drug-likeness (QED) is 0.819. The fraction of sp³-hybridized carbons (Fsp3) is 0.417. The minimum atomic E-state index is -0.930. The summed E-state index contributed by atoms with van der Waals surface area (Å²) in [6.45, 7) is 2.01. The maximum absolute atomic E-state index is 11.0. The first-order chi connectivity index (χ1) is 8.04. The van der Waals surface area contributed by atoms with Crippen molar-refractivity contribution in [3.63, 3.8) is 0 Å². The number of aliphatic carboxylic acids is 1. The number of benzene rings is 1. The largest absolute Gasteiger partial charge is 0.480 e. The summed E-state index contributed by atoms with van der Waals surface area (Å²) in [6.07, 6.45) is 0. The second kappa shape index (κ2) is 6.59. The van der Waals surface area contributed by atoms with E-state index >= 15 is 0 Å². The number of hydrogen-bond donors (Lipinski definition) is 2. The molecule has 1 unspecified atom stereocenters. The maximum atomic E-state index is 11.0. The van der Waals surface area contributed by atoms with Crippen LogP contribution in [0.4, 0.5) is 0 Å². The average Bonchev–Trinajstić information content (AvgIpc) is 2.28. The fourth-order valence-electron chi connectivity index (χ4n) is 1.53. The standard InChI is InChI=1S/C12H16ClNO3/c1-8(9-4-3-5-10(13)6-9)14-11(7-17-2)12(15)16/h3-6,8,11,14H,7H2,1-2H3,(H,15,16)/t8-,11?/m1/s1. The van der Waals surface area contributed by atoms with Gasteiger partial charge in [-0.05, 0) is 24.6 Å². The zero-order valence-electron chi connectivity index (χ0n) is 9.81. The second-order valence-corrected chi connectivity index (χ2v) is 4.23. The van der Waals surface area contributed by atoms with E-state index < -0.39 is 12.0 Å². The summed E-state index contributed by atoms with van der Waals surface area (Å²) < 4.78 is 4.86. The van der Waals surface area contributed by atoms with Crippen molar-refractivity contribution < 1.29 is 14.6 Å². The molecule has 0 saturated heterocycles.